The number of anilines is 2. The van der Waals surface area contributed by atoms with E-state index in [4.69, 9.17) is 23.2 Å². The first kappa shape index (κ1) is 23.8. The highest BCUT2D eigenvalue weighted by molar-refractivity contribution is 7.92. The van der Waals surface area contributed by atoms with E-state index in [9.17, 15) is 26.4 Å². The number of amides is 1. The number of carbonyl (C=O) groups excluding carboxylic acids is 1. The van der Waals surface area contributed by atoms with Gasteiger partial charge in [0.05, 0.1) is 15.6 Å². The Morgan fingerprint density at radius 3 is 2.28 bits per heavy atom. The van der Waals surface area contributed by atoms with Gasteiger partial charge in [-0.05, 0) is 43.3 Å². The first-order chi connectivity index (χ1) is 14.9. The third-order valence-electron chi connectivity index (χ3n) is 4.01. The topological polar surface area (TPSA) is 119 Å². The lowest BCUT2D eigenvalue weighted by molar-refractivity contribution is -0.141. The maximum atomic E-state index is 12.9. The average molecular weight is 509 g/mol. The van der Waals surface area contributed by atoms with Crippen LogP contribution in [-0.2, 0) is 27.5 Å². The molecule has 0 saturated carbocycles. The van der Waals surface area contributed by atoms with Crippen molar-refractivity contribution in [3.63, 3.8) is 0 Å². The summed E-state index contributed by atoms with van der Waals surface area (Å²) in [6.07, 6.45) is -4.75. The monoisotopic (exact) mass is 508 g/mol. The van der Waals surface area contributed by atoms with Crippen LogP contribution in [0.4, 0.5) is 24.7 Å². The zero-order chi connectivity index (χ0) is 23.7. The number of hydrogen-bond donors (Lipinski definition) is 2. The van der Waals surface area contributed by atoms with Crippen LogP contribution in [0.5, 0.6) is 0 Å². The van der Waals surface area contributed by atoms with E-state index in [1.807, 2.05) is 0 Å². The molecule has 2 aromatic heterocycles. The molecule has 2 heterocycles. The number of rotatable bonds is 6. The van der Waals surface area contributed by atoms with E-state index in [1.165, 1.54) is 43.3 Å². The molecule has 15 heteroatoms. The summed E-state index contributed by atoms with van der Waals surface area (Å²) in [5.41, 5.74) is -1.09. The molecule has 32 heavy (non-hydrogen) atoms. The smallest absolute Gasteiger partial charge is 0.324 e. The van der Waals surface area contributed by atoms with Gasteiger partial charge in [-0.3, -0.25) is 14.2 Å². The molecular weight excluding hydrogens is 496 g/mol. The number of alkyl halides is 3. The van der Waals surface area contributed by atoms with Crippen molar-refractivity contribution in [3.05, 3.63) is 58.0 Å². The molecule has 0 bridgehead atoms. The number of carbonyl (C=O) groups is 1. The van der Waals surface area contributed by atoms with Crippen molar-refractivity contribution in [1.29, 1.82) is 0 Å². The third-order valence-corrected chi connectivity index (χ3v) is 6.04. The van der Waals surface area contributed by atoms with Gasteiger partial charge in [0.1, 0.15) is 6.54 Å². The molecule has 0 fully saturated rings. The second-order valence-electron chi connectivity index (χ2n) is 6.32. The number of benzene rings is 1. The van der Waals surface area contributed by atoms with E-state index >= 15 is 0 Å². The number of hydrogen-bond acceptors (Lipinski definition) is 6. The molecule has 3 rings (SSSR count). The molecule has 3 aromatic rings. The summed E-state index contributed by atoms with van der Waals surface area (Å²) in [5.74, 6) is -0.732. The van der Waals surface area contributed by atoms with Crippen molar-refractivity contribution < 1.29 is 26.4 Å². The van der Waals surface area contributed by atoms with Crippen molar-refractivity contribution in [1.82, 2.24) is 20.0 Å². The Morgan fingerprint density at radius 1 is 1.09 bits per heavy atom. The molecular formula is C17H13Cl2F3N6O3S. The van der Waals surface area contributed by atoms with E-state index in [0.717, 1.165) is 4.68 Å². The molecule has 1 amide bonds. The Morgan fingerprint density at radius 2 is 1.75 bits per heavy atom. The molecule has 0 saturated heterocycles. The summed E-state index contributed by atoms with van der Waals surface area (Å²) in [7, 11) is -3.99. The normalized spacial score (nSPS) is 11.9. The molecule has 0 aliphatic heterocycles. The summed E-state index contributed by atoms with van der Waals surface area (Å²) in [5, 5.41) is 12.4. The Hall–Kier alpha value is -2.90. The maximum Gasteiger partial charge on any atom is 0.436 e. The fraction of sp³-hybridized carbons (Fsp3) is 0.176. The first-order valence-electron chi connectivity index (χ1n) is 8.59. The van der Waals surface area contributed by atoms with Gasteiger partial charge >= 0.3 is 6.18 Å². The highest BCUT2D eigenvalue weighted by Crippen LogP contribution is 2.35. The molecule has 1 aromatic carbocycles. The lowest BCUT2D eigenvalue weighted by Gasteiger charge is -2.09. The van der Waals surface area contributed by atoms with E-state index in [1.54, 1.807) is 0 Å². The summed E-state index contributed by atoms with van der Waals surface area (Å²) >= 11 is 11.3. The Balaban J connectivity index is 1.68. The predicted molar refractivity (Wildman–Crippen MR) is 110 cm³/mol. The molecule has 0 unspecified atom stereocenters. The average Bonchev–Trinajstić information content (AvgIpc) is 2.98. The van der Waals surface area contributed by atoms with Crippen LogP contribution in [0.1, 0.15) is 11.4 Å². The SMILES string of the molecule is Cc1c(Cl)c(C(F)(F)F)nn1CC(=O)Nc1ccc(S(=O)(=O)Nc2ccc(Cl)nn2)cc1. The van der Waals surface area contributed by atoms with E-state index in [2.05, 4.69) is 25.3 Å². The minimum atomic E-state index is -4.75. The number of nitrogens with zero attached hydrogens (tertiary/aromatic N) is 4. The van der Waals surface area contributed by atoms with Crippen molar-refractivity contribution in [2.45, 2.75) is 24.5 Å². The first-order valence-corrected chi connectivity index (χ1v) is 10.8. The lowest BCUT2D eigenvalue weighted by Crippen LogP contribution is -2.21. The zero-order valence-electron chi connectivity index (χ0n) is 16.0. The summed E-state index contributed by atoms with van der Waals surface area (Å²) in [6, 6.07) is 7.75. The van der Waals surface area contributed by atoms with Crippen molar-refractivity contribution >= 4 is 50.6 Å². The fourth-order valence-electron chi connectivity index (χ4n) is 2.48. The zero-order valence-corrected chi connectivity index (χ0v) is 18.3. The van der Waals surface area contributed by atoms with Crippen molar-refractivity contribution in [2.75, 3.05) is 10.0 Å². The molecule has 0 radical (unpaired) electrons. The van der Waals surface area contributed by atoms with Crippen LogP contribution in [0.25, 0.3) is 0 Å². The van der Waals surface area contributed by atoms with Gasteiger partial charge in [0, 0.05) is 5.69 Å². The molecule has 2 N–H and O–H groups in total. The van der Waals surface area contributed by atoms with E-state index in [0.29, 0.717) is 0 Å². The van der Waals surface area contributed by atoms with Gasteiger partial charge in [-0.2, -0.15) is 18.3 Å². The van der Waals surface area contributed by atoms with Gasteiger partial charge in [0.2, 0.25) is 5.91 Å². The summed E-state index contributed by atoms with van der Waals surface area (Å²) in [6.45, 7) is 0.772. The number of nitrogens with one attached hydrogen (secondary N) is 2. The highest BCUT2D eigenvalue weighted by atomic mass is 35.5. The van der Waals surface area contributed by atoms with Crippen molar-refractivity contribution in [2.24, 2.45) is 0 Å². The third kappa shape index (κ3) is 5.47. The standard InChI is InChI=1S/C17H13Cl2F3N6O3S/c1-9-15(19)16(17(20,21)22)26-28(9)8-14(29)23-10-2-4-11(5-3-10)32(30,31)27-13-7-6-12(18)24-25-13/h2-7H,8H2,1H3,(H,23,29)(H,25,27). The van der Waals surface area contributed by atoms with Crippen LogP contribution < -0.4 is 10.0 Å². The van der Waals surface area contributed by atoms with Crippen LogP contribution in [0.3, 0.4) is 0 Å². The van der Waals surface area contributed by atoms with Gasteiger partial charge in [0.25, 0.3) is 10.0 Å². The Labute approximate surface area is 189 Å². The number of aromatic nitrogens is 4. The van der Waals surface area contributed by atoms with E-state index < -0.39 is 39.4 Å². The van der Waals surface area contributed by atoms with Gasteiger partial charge in [0.15, 0.2) is 16.7 Å². The lowest BCUT2D eigenvalue weighted by atomic mass is 10.3. The van der Waals surface area contributed by atoms with Crippen LogP contribution in [0, 0.1) is 6.92 Å². The number of sulfonamides is 1. The second-order valence-corrected chi connectivity index (χ2v) is 8.77. The molecule has 170 valence electrons. The summed E-state index contributed by atoms with van der Waals surface area (Å²) < 4.78 is 66.5. The van der Waals surface area contributed by atoms with Crippen LogP contribution in [0.15, 0.2) is 41.3 Å². The van der Waals surface area contributed by atoms with Gasteiger partial charge in [-0.25, -0.2) is 8.42 Å². The molecule has 0 atom stereocenters. The fourth-order valence-corrected chi connectivity index (χ4v) is 3.82. The Bertz CT molecular complexity index is 1250. The second kappa shape index (κ2) is 8.92. The van der Waals surface area contributed by atoms with Gasteiger partial charge < -0.3 is 5.32 Å². The van der Waals surface area contributed by atoms with Crippen molar-refractivity contribution in [3.8, 4) is 0 Å². The quantitative estimate of drug-likeness (QED) is 0.523. The molecule has 0 aliphatic rings. The van der Waals surface area contributed by atoms with Gasteiger partial charge in [-0.1, -0.05) is 23.2 Å². The number of halogens is 5. The molecule has 9 nitrogen and oxygen atoms in total. The Kier molecular flexibility index (Phi) is 6.62. The van der Waals surface area contributed by atoms with Gasteiger partial charge in [-0.15, -0.1) is 10.2 Å². The summed E-state index contributed by atoms with van der Waals surface area (Å²) in [4.78, 5) is 12.1. The van der Waals surface area contributed by atoms with E-state index in [-0.39, 0.29) is 27.2 Å². The minimum absolute atomic E-state index is 0.0213. The maximum absolute atomic E-state index is 12.9. The largest absolute Gasteiger partial charge is 0.436 e. The molecule has 0 spiro atoms. The predicted octanol–water partition coefficient (Wildman–Crippen LogP) is 3.75. The molecule has 0 aliphatic carbocycles. The van der Waals surface area contributed by atoms with Crippen LogP contribution in [-0.4, -0.2) is 34.3 Å². The highest BCUT2D eigenvalue weighted by Gasteiger charge is 2.38. The minimum Gasteiger partial charge on any atom is -0.324 e. The van der Waals surface area contributed by atoms with Crippen LogP contribution >= 0.6 is 23.2 Å². The van der Waals surface area contributed by atoms with Crippen LogP contribution in [0.2, 0.25) is 10.2 Å².